The molecule has 1 aliphatic heterocycles. The number of likely N-dealkylation sites (tertiary alicyclic amines) is 1. The van der Waals surface area contributed by atoms with Gasteiger partial charge in [-0.3, -0.25) is 6.42 Å². The van der Waals surface area contributed by atoms with Crippen molar-refractivity contribution in [2.24, 2.45) is 0 Å². The normalized spacial score (nSPS) is 14.8. The number of carbonyl (C=O) groups is 1. The molecule has 1 aliphatic rings. The van der Waals surface area contributed by atoms with E-state index in [0.717, 1.165) is 13.1 Å². The summed E-state index contributed by atoms with van der Waals surface area (Å²) in [5.41, 5.74) is -0.368. The summed E-state index contributed by atoms with van der Waals surface area (Å²) in [5.74, 6) is 0. The third-order valence-electron chi connectivity index (χ3n) is 1.35. The van der Waals surface area contributed by atoms with Crippen molar-refractivity contribution in [2.45, 2.75) is 26.4 Å². The molecule has 3 nitrogen and oxygen atoms in total. The molecule has 0 aromatic heterocycles. The van der Waals surface area contributed by atoms with E-state index in [1.165, 1.54) is 0 Å². The van der Waals surface area contributed by atoms with Gasteiger partial charge in [-0.25, -0.2) is 4.79 Å². The maximum absolute atomic E-state index is 11.1. The Morgan fingerprint density at radius 1 is 1.38 bits per heavy atom. The van der Waals surface area contributed by atoms with Gasteiger partial charge in [0.25, 0.3) is 0 Å². The first-order valence-corrected chi connectivity index (χ1v) is 3.78. The van der Waals surface area contributed by atoms with E-state index >= 15 is 0 Å². The van der Waals surface area contributed by atoms with Crippen molar-refractivity contribution in [3.8, 4) is 0 Å². The van der Waals surface area contributed by atoms with Crippen LogP contribution in [-0.2, 0) is 24.2 Å². The number of halogens is 1. The number of ether oxygens (including phenoxy) is 1. The third kappa shape index (κ3) is 5.84. The zero-order valence-electron chi connectivity index (χ0n) is 8.34. The topological polar surface area (TPSA) is 29.5 Å². The van der Waals surface area contributed by atoms with Crippen molar-refractivity contribution in [3.05, 3.63) is 6.42 Å². The van der Waals surface area contributed by atoms with E-state index in [4.69, 9.17) is 4.74 Å². The summed E-state index contributed by atoms with van der Waals surface area (Å²) < 4.78 is 5.11. The summed E-state index contributed by atoms with van der Waals surface area (Å²) >= 11 is 0. The number of hydrogen-bond acceptors (Lipinski definition) is 2. The van der Waals surface area contributed by atoms with Gasteiger partial charge in [-0.2, -0.15) is 0 Å². The molecule has 0 N–H and O–H groups in total. The Bertz CT molecular complexity index is 166. The molecule has 1 rings (SSSR count). The predicted molar refractivity (Wildman–Crippen MR) is 42.1 cm³/mol. The van der Waals surface area contributed by atoms with Crippen LogP contribution in [0, 0.1) is 6.42 Å². The van der Waals surface area contributed by atoms with Gasteiger partial charge in [0, 0.05) is 0 Å². The predicted octanol–water partition coefficient (Wildman–Crippen LogP) is -1.56. The first-order chi connectivity index (χ1) is 4.99. The van der Waals surface area contributed by atoms with Gasteiger partial charge in [-0.05, 0) is 20.8 Å². The molecule has 0 unspecified atom stereocenters. The van der Waals surface area contributed by atoms with Crippen molar-refractivity contribution in [1.82, 2.24) is 4.90 Å². The van der Waals surface area contributed by atoms with Crippen LogP contribution >= 0.6 is 0 Å². The van der Waals surface area contributed by atoms with E-state index < -0.39 is 0 Å². The molecule has 0 radical (unpaired) electrons. The van der Waals surface area contributed by atoms with Crippen LogP contribution in [0.3, 0.4) is 0 Å². The maximum Gasteiger partial charge on any atom is 2.00 e. The summed E-state index contributed by atoms with van der Waals surface area (Å²) in [4.78, 5) is 12.8. The Balaban J connectivity index is 0. The van der Waals surface area contributed by atoms with Gasteiger partial charge in [0.15, 0.2) is 0 Å². The van der Waals surface area contributed by atoms with E-state index in [1.54, 1.807) is 4.90 Å². The molecule has 1 amide bonds. The zero-order chi connectivity index (χ0) is 8.48. The first-order valence-electron chi connectivity index (χ1n) is 3.78. The van der Waals surface area contributed by atoms with Crippen LogP contribution in [0.4, 0.5) is 4.79 Å². The van der Waals surface area contributed by atoms with Crippen LogP contribution in [0.1, 0.15) is 20.8 Å². The van der Waals surface area contributed by atoms with Crippen molar-refractivity contribution in [2.75, 3.05) is 13.1 Å². The number of nitrogens with zero attached hydrogens (tertiary/aromatic N) is 1. The number of amides is 1. The fourth-order valence-electron chi connectivity index (χ4n) is 0.734. The largest absolute Gasteiger partial charge is 2.00 e. The van der Waals surface area contributed by atoms with Crippen molar-refractivity contribution < 1.29 is 53.0 Å². The quantitative estimate of drug-likeness (QED) is 0.301. The van der Waals surface area contributed by atoms with Gasteiger partial charge in [0.05, 0.1) is 0 Å². The van der Waals surface area contributed by atoms with Gasteiger partial charge < -0.3 is 33.6 Å². The SMILES string of the molecule is CC(C)(C)OC(=O)N1C[CH-]C1.[I-].[Zn+2]. The van der Waals surface area contributed by atoms with E-state index in [9.17, 15) is 4.79 Å². The summed E-state index contributed by atoms with van der Waals surface area (Å²) in [7, 11) is 0. The van der Waals surface area contributed by atoms with Crippen LogP contribution in [-0.4, -0.2) is 29.7 Å². The van der Waals surface area contributed by atoms with Crippen LogP contribution < -0.4 is 24.0 Å². The minimum Gasteiger partial charge on any atom is -1.00 e. The number of rotatable bonds is 0. The molecular formula is C8H14INO2Zn. The van der Waals surface area contributed by atoms with Crippen LogP contribution in [0.25, 0.3) is 0 Å². The molecule has 13 heavy (non-hydrogen) atoms. The average molecular weight is 348 g/mol. The number of hydrogen-bond donors (Lipinski definition) is 0. The first kappa shape index (κ1) is 16.1. The van der Waals surface area contributed by atoms with Gasteiger partial charge >= 0.3 is 25.6 Å². The van der Waals surface area contributed by atoms with Crippen LogP contribution in [0.2, 0.25) is 0 Å². The molecule has 0 bridgehead atoms. The summed E-state index contributed by atoms with van der Waals surface area (Å²) in [5, 5.41) is 0. The molecule has 0 saturated carbocycles. The van der Waals surface area contributed by atoms with Crippen molar-refractivity contribution in [1.29, 1.82) is 0 Å². The zero-order valence-corrected chi connectivity index (χ0v) is 13.5. The van der Waals surface area contributed by atoms with Gasteiger partial charge in [-0.15, -0.1) is 13.1 Å². The molecule has 5 heteroatoms. The minimum absolute atomic E-state index is 0. The Morgan fingerprint density at radius 2 is 1.85 bits per heavy atom. The van der Waals surface area contributed by atoms with Crippen LogP contribution in [0.15, 0.2) is 0 Å². The van der Waals surface area contributed by atoms with Gasteiger partial charge in [0.2, 0.25) is 0 Å². The van der Waals surface area contributed by atoms with E-state index in [2.05, 4.69) is 0 Å². The van der Waals surface area contributed by atoms with Crippen molar-refractivity contribution >= 4 is 6.09 Å². The van der Waals surface area contributed by atoms with Gasteiger partial charge in [0.1, 0.15) is 5.60 Å². The fraction of sp³-hybridized carbons (Fsp3) is 0.750. The second-order valence-corrected chi connectivity index (χ2v) is 3.67. The van der Waals surface area contributed by atoms with Crippen molar-refractivity contribution in [3.63, 3.8) is 0 Å². The second kappa shape index (κ2) is 6.17. The molecule has 1 saturated heterocycles. The molecule has 1 heterocycles. The standard InChI is InChI=1S/C8H14NO2.HI.Zn/c1-8(2,3)11-7(10)9-5-4-6-9;;/h4H,5-6H2,1-3H3;1H;/q-1;;+2/p-1. The van der Waals surface area contributed by atoms with E-state index in [-0.39, 0.29) is 55.1 Å². The molecule has 72 valence electrons. The third-order valence-corrected chi connectivity index (χ3v) is 1.35. The molecule has 0 spiro atoms. The molecule has 1 fully saturated rings. The number of carbonyl (C=O) groups excluding carboxylic acids is 1. The summed E-state index contributed by atoms with van der Waals surface area (Å²) in [6.45, 7) is 7.07. The Kier molecular flexibility index (Phi) is 7.63. The monoisotopic (exact) mass is 347 g/mol. The fourth-order valence-corrected chi connectivity index (χ4v) is 0.734. The Labute approximate surface area is 109 Å². The summed E-state index contributed by atoms with van der Waals surface area (Å²) in [6.07, 6.45) is 1.82. The summed E-state index contributed by atoms with van der Waals surface area (Å²) in [6, 6.07) is 0. The smallest absolute Gasteiger partial charge is 1.00 e. The Hall–Kier alpha value is 0.623. The van der Waals surface area contributed by atoms with Crippen LogP contribution in [0.5, 0.6) is 0 Å². The average Bonchev–Trinajstić information content (AvgIpc) is 1.50. The van der Waals surface area contributed by atoms with E-state index in [1.807, 2.05) is 27.2 Å². The second-order valence-electron chi connectivity index (χ2n) is 3.67. The molecule has 0 atom stereocenters. The molecule has 0 aromatic carbocycles. The maximum atomic E-state index is 11.1. The van der Waals surface area contributed by atoms with Gasteiger partial charge in [-0.1, -0.05) is 0 Å². The minimum atomic E-state index is -0.368. The molecule has 0 aliphatic carbocycles. The molecular weight excluding hydrogens is 334 g/mol. The molecule has 0 aromatic rings. The van der Waals surface area contributed by atoms with E-state index in [0.29, 0.717) is 0 Å². The Morgan fingerprint density at radius 3 is 2.08 bits per heavy atom.